The summed E-state index contributed by atoms with van der Waals surface area (Å²) in [4.78, 5) is 9.17. The third-order valence-corrected chi connectivity index (χ3v) is 7.60. The Bertz CT molecular complexity index is 851. The van der Waals surface area contributed by atoms with Crippen molar-refractivity contribution in [3.8, 4) is 5.75 Å². The van der Waals surface area contributed by atoms with Gasteiger partial charge in [-0.25, -0.2) is 0 Å². The van der Waals surface area contributed by atoms with E-state index in [0.717, 1.165) is 31.0 Å². The third-order valence-electron chi connectivity index (χ3n) is 7.60. The van der Waals surface area contributed by atoms with Crippen molar-refractivity contribution in [1.82, 2.24) is 0 Å². The van der Waals surface area contributed by atoms with Gasteiger partial charge in [0.05, 0.1) is 6.61 Å². The molecule has 1 heterocycles. The number of fused-ring (bicyclic) bond motifs is 1. The van der Waals surface area contributed by atoms with Crippen LogP contribution in [0.4, 0.5) is 0 Å². The van der Waals surface area contributed by atoms with Gasteiger partial charge in [-0.3, -0.25) is 0 Å². The lowest BCUT2D eigenvalue weighted by atomic mass is 9.84. The van der Waals surface area contributed by atoms with Crippen LogP contribution in [0.25, 0.3) is 0 Å². The van der Waals surface area contributed by atoms with Crippen LogP contribution in [0.3, 0.4) is 0 Å². The smallest absolute Gasteiger partial charge is 0.122 e. The largest absolute Gasteiger partial charge is 0.493 e. The average Bonchev–Trinajstić information content (AvgIpc) is 3.63. The lowest BCUT2D eigenvalue weighted by molar-refractivity contribution is -0.107. The SMILES string of the molecule is CC.CC.CC.CC.CCC(CC(C)CCCc1ccccc1C)c1ccc2c(c1)CCO2.CCC=O.CCCCC.CCCCCC. The molecule has 284 valence electrons. The zero-order chi connectivity index (χ0) is 38.0. The number of aryl methyl sites for hydroxylation is 2. The molecule has 2 atom stereocenters. The highest BCUT2D eigenvalue weighted by Gasteiger charge is 2.18. The maximum Gasteiger partial charge on any atom is 0.122 e. The van der Waals surface area contributed by atoms with Crippen LogP contribution in [-0.2, 0) is 17.6 Å². The summed E-state index contributed by atoms with van der Waals surface area (Å²) in [5, 5.41) is 0. The normalized spacial score (nSPS) is 11.1. The van der Waals surface area contributed by atoms with Crippen molar-refractivity contribution in [3.05, 3.63) is 64.7 Å². The van der Waals surface area contributed by atoms with E-state index < -0.39 is 0 Å². The molecule has 0 saturated heterocycles. The van der Waals surface area contributed by atoms with Crippen molar-refractivity contribution in [3.63, 3.8) is 0 Å². The fraction of sp³-hybridized carbons (Fsp3) is 0.717. The lowest BCUT2D eigenvalue weighted by Crippen LogP contribution is -2.06. The van der Waals surface area contributed by atoms with Gasteiger partial charge in [0.1, 0.15) is 12.0 Å². The van der Waals surface area contributed by atoms with Crippen LogP contribution in [0.15, 0.2) is 42.5 Å². The maximum absolute atomic E-state index is 9.17. The minimum atomic E-state index is 0.639. The molecule has 2 aromatic carbocycles. The standard InChI is InChI=1S/C24H32O.C6H14.C5H12.C3H6O.4C2H6/c1-4-20(22-12-13-24-23(17-22)14-15-25-24)16-18(2)8-7-11-21-10-6-5-9-19(21)3;1-3-5-6-4-2;1-3-5-4-2;1-2-3-4;4*1-2/h5-6,9-10,12-13,17-18,20H,4,7-8,11,14-16H2,1-3H3;3-6H2,1-2H3;3-5H2,1-2H3;3H,2H2,1H3;4*1-2H3. The molecule has 0 aromatic heterocycles. The van der Waals surface area contributed by atoms with Gasteiger partial charge in [0, 0.05) is 12.8 Å². The molecule has 0 amide bonds. The van der Waals surface area contributed by atoms with Gasteiger partial charge in [0.25, 0.3) is 0 Å². The number of carbonyl (C=O) groups excluding carboxylic acids is 1. The van der Waals surface area contributed by atoms with Crippen LogP contribution >= 0.6 is 0 Å². The third kappa shape index (κ3) is 32.5. The van der Waals surface area contributed by atoms with Crippen molar-refractivity contribution in [1.29, 1.82) is 0 Å². The highest BCUT2D eigenvalue weighted by molar-refractivity contribution is 5.48. The van der Waals surface area contributed by atoms with Gasteiger partial charge in [-0.15, -0.1) is 0 Å². The molecule has 2 heteroatoms. The van der Waals surface area contributed by atoms with E-state index in [2.05, 4.69) is 90.9 Å². The van der Waals surface area contributed by atoms with E-state index in [9.17, 15) is 4.79 Å². The second kappa shape index (κ2) is 47.0. The van der Waals surface area contributed by atoms with Crippen LogP contribution in [0.1, 0.15) is 209 Å². The number of ether oxygens (including phenoxy) is 1. The van der Waals surface area contributed by atoms with Gasteiger partial charge in [-0.1, -0.05) is 192 Å². The van der Waals surface area contributed by atoms with Gasteiger partial charge in [-0.05, 0) is 72.8 Å². The van der Waals surface area contributed by atoms with Gasteiger partial charge >= 0.3 is 0 Å². The number of unbranched alkanes of at least 4 members (excludes halogenated alkanes) is 5. The topological polar surface area (TPSA) is 26.3 Å². The summed E-state index contributed by atoms with van der Waals surface area (Å²) in [5.41, 5.74) is 5.86. The summed E-state index contributed by atoms with van der Waals surface area (Å²) in [5.74, 6) is 2.56. The molecule has 0 N–H and O–H groups in total. The van der Waals surface area contributed by atoms with Crippen molar-refractivity contribution < 1.29 is 9.53 Å². The Morgan fingerprint density at radius 3 is 1.69 bits per heavy atom. The summed E-state index contributed by atoms with van der Waals surface area (Å²) in [6, 6.07) is 15.7. The number of hydrogen-bond donors (Lipinski definition) is 0. The molecular formula is C46H88O2. The Kier molecular flexibility index (Phi) is 54.2. The van der Waals surface area contributed by atoms with E-state index in [1.54, 1.807) is 0 Å². The predicted molar refractivity (Wildman–Crippen MR) is 223 cm³/mol. The first kappa shape index (κ1) is 55.3. The van der Waals surface area contributed by atoms with Crippen LogP contribution in [0.5, 0.6) is 5.75 Å². The van der Waals surface area contributed by atoms with Gasteiger partial charge in [0.2, 0.25) is 0 Å². The zero-order valence-corrected chi connectivity index (χ0v) is 35.7. The second-order valence-corrected chi connectivity index (χ2v) is 11.4. The quantitative estimate of drug-likeness (QED) is 0.147. The Morgan fingerprint density at radius 2 is 1.25 bits per heavy atom. The van der Waals surface area contributed by atoms with Crippen LogP contribution in [-0.4, -0.2) is 12.9 Å². The van der Waals surface area contributed by atoms with Crippen molar-refractivity contribution in [2.75, 3.05) is 6.61 Å². The minimum Gasteiger partial charge on any atom is -0.493 e. The van der Waals surface area contributed by atoms with Gasteiger partial charge < -0.3 is 9.53 Å². The number of rotatable bonds is 14. The summed E-state index contributed by atoms with van der Waals surface area (Å²) >= 11 is 0. The zero-order valence-electron chi connectivity index (χ0n) is 35.7. The van der Waals surface area contributed by atoms with Crippen molar-refractivity contribution in [2.45, 2.75) is 207 Å². The molecular weight excluding hydrogens is 585 g/mol. The Morgan fingerprint density at radius 1 is 0.729 bits per heavy atom. The van der Waals surface area contributed by atoms with Crippen LogP contribution < -0.4 is 4.74 Å². The van der Waals surface area contributed by atoms with Crippen molar-refractivity contribution in [2.24, 2.45) is 5.92 Å². The number of aldehydes is 1. The number of benzene rings is 2. The van der Waals surface area contributed by atoms with E-state index in [1.165, 1.54) is 99.3 Å². The summed E-state index contributed by atoms with van der Waals surface area (Å²) in [7, 11) is 0. The maximum atomic E-state index is 9.17. The second-order valence-electron chi connectivity index (χ2n) is 11.4. The molecule has 48 heavy (non-hydrogen) atoms. The van der Waals surface area contributed by atoms with Crippen molar-refractivity contribution >= 4 is 6.29 Å². The summed E-state index contributed by atoms with van der Waals surface area (Å²) in [6.45, 7) is 34.5. The summed E-state index contributed by atoms with van der Waals surface area (Å²) in [6.07, 6.45) is 18.5. The first-order valence-electron chi connectivity index (χ1n) is 20.7. The molecule has 0 aliphatic carbocycles. The number of hydrogen-bond acceptors (Lipinski definition) is 2. The monoisotopic (exact) mass is 673 g/mol. The van der Waals surface area contributed by atoms with E-state index >= 15 is 0 Å². The van der Waals surface area contributed by atoms with Crippen LogP contribution in [0.2, 0.25) is 0 Å². The molecule has 2 unspecified atom stereocenters. The molecule has 2 nitrogen and oxygen atoms in total. The molecule has 1 aliphatic heterocycles. The Balaban J connectivity index is -0.000000221. The highest BCUT2D eigenvalue weighted by atomic mass is 16.5. The molecule has 0 radical (unpaired) electrons. The Hall–Kier alpha value is -2.09. The molecule has 0 fully saturated rings. The fourth-order valence-electron chi connectivity index (χ4n) is 4.99. The number of carbonyl (C=O) groups is 1. The van der Waals surface area contributed by atoms with Crippen LogP contribution in [0, 0.1) is 12.8 Å². The molecule has 0 bridgehead atoms. The molecule has 0 saturated carbocycles. The lowest BCUT2D eigenvalue weighted by Gasteiger charge is -2.21. The first-order valence-corrected chi connectivity index (χ1v) is 20.7. The fourth-order valence-corrected chi connectivity index (χ4v) is 4.99. The first-order chi connectivity index (χ1) is 23.4. The Labute approximate surface area is 304 Å². The minimum absolute atomic E-state index is 0.639. The van der Waals surface area contributed by atoms with E-state index in [1.807, 2.05) is 62.3 Å². The predicted octanol–water partition coefficient (Wildman–Crippen LogP) is 16.0. The molecule has 2 aromatic rings. The molecule has 3 rings (SSSR count). The van der Waals surface area contributed by atoms with E-state index in [0.29, 0.717) is 12.3 Å². The average molecular weight is 673 g/mol. The van der Waals surface area contributed by atoms with E-state index in [-0.39, 0.29) is 0 Å². The van der Waals surface area contributed by atoms with Gasteiger partial charge in [0.15, 0.2) is 0 Å². The molecule has 0 spiro atoms. The summed E-state index contributed by atoms with van der Waals surface area (Å²) < 4.78 is 5.65. The highest BCUT2D eigenvalue weighted by Crippen LogP contribution is 2.34. The molecule has 1 aliphatic rings. The van der Waals surface area contributed by atoms with E-state index in [4.69, 9.17) is 4.74 Å². The van der Waals surface area contributed by atoms with Gasteiger partial charge in [-0.2, -0.15) is 0 Å².